The van der Waals surface area contributed by atoms with Crippen LogP contribution in [-0.4, -0.2) is 41.8 Å². The quantitative estimate of drug-likeness (QED) is 0.654. The molecule has 4 rings (SSSR count). The summed E-state index contributed by atoms with van der Waals surface area (Å²) in [5, 5.41) is 4.02. The van der Waals surface area contributed by atoms with Crippen molar-refractivity contribution in [3.8, 4) is 5.75 Å². The van der Waals surface area contributed by atoms with Crippen molar-refractivity contribution >= 4 is 29.3 Å². The highest BCUT2D eigenvalue weighted by molar-refractivity contribution is 8.00. The van der Waals surface area contributed by atoms with Crippen molar-refractivity contribution in [3.63, 3.8) is 0 Å². The predicted octanol–water partition coefficient (Wildman–Crippen LogP) is 4.89. The highest BCUT2D eigenvalue weighted by Crippen LogP contribution is 2.43. The maximum absolute atomic E-state index is 12.9. The maximum Gasteiger partial charge on any atom is 0.258 e. The molecule has 2 atom stereocenters. The summed E-state index contributed by atoms with van der Waals surface area (Å²) in [5.74, 6) is 0.0375. The summed E-state index contributed by atoms with van der Waals surface area (Å²) < 4.78 is 18.5. The van der Waals surface area contributed by atoms with Gasteiger partial charge in [0.1, 0.15) is 11.6 Å². The van der Waals surface area contributed by atoms with Gasteiger partial charge in [-0.25, -0.2) is 4.39 Å². The molecule has 0 aromatic heterocycles. The minimum absolute atomic E-state index is 0.0949. The highest BCUT2D eigenvalue weighted by Gasteiger charge is 2.38. The number of thioether (sulfide) groups is 1. The van der Waals surface area contributed by atoms with Gasteiger partial charge in [-0.2, -0.15) is 0 Å². The number of piperidine rings is 1. The third-order valence-corrected chi connectivity index (χ3v) is 7.78. The normalized spacial score (nSPS) is 23.4. The van der Waals surface area contributed by atoms with Gasteiger partial charge in [-0.1, -0.05) is 23.7 Å². The molecule has 0 spiro atoms. The van der Waals surface area contributed by atoms with Gasteiger partial charge in [0.05, 0.1) is 5.02 Å². The van der Waals surface area contributed by atoms with Crippen molar-refractivity contribution in [3.05, 3.63) is 58.9 Å². The van der Waals surface area contributed by atoms with Crippen LogP contribution in [0.2, 0.25) is 5.02 Å². The van der Waals surface area contributed by atoms with Gasteiger partial charge < -0.3 is 15.0 Å². The monoisotopic (exact) mass is 448 g/mol. The lowest BCUT2D eigenvalue weighted by atomic mass is 10.0. The van der Waals surface area contributed by atoms with Crippen LogP contribution in [0.25, 0.3) is 0 Å². The van der Waals surface area contributed by atoms with Crippen molar-refractivity contribution in [1.29, 1.82) is 0 Å². The Morgan fingerprint density at radius 2 is 1.90 bits per heavy atom. The molecule has 2 aliphatic rings. The second kappa shape index (κ2) is 9.58. The largest absolute Gasteiger partial charge is 0.484 e. The van der Waals surface area contributed by atoms with Crippen LogP contribution in [0.1, 0.15) is 31.2 Å². The molecule has 7 heteroatoms. The maximum atomic E-state index is 12.9. The average Bonchev–Trinajstić information content (AvgIpc) is 2.94. The first-order valence-electron chi connectivity index (χ1n) is 10.3. The standard InChI is InChI=1S/C23H26ClFN2O2S/c1-27-17-6-7-18(27)11-20(10-17)30-22-9-8-19(12-21(22)24)29-14-23(28)26-13-15-2-4-16(25)5-3-15/h2-5,8-9,12,17-18,20H,6-7,10-11,13-14H2,1H3,(H,26,28). The van der Waals surface area contributed by atoms with E-state index in [1.807, 2.05) is 23.9 Å². The first kappa shape index (κ1) is 21.5. The molecule has 4 nitrogen and oxygen atoms in total. The molecule has 1 amide bonds. The molecule has 2 unspecified atom stereocenters. The van der Waals surface area contributed by atoms with E-state index >= 15 is 0 Å². The van der Waals surface area contributed by atoms with Gasteiger partial charge in [-0.15, -0.1) is 11.8 Å². The van der Waals surface area contributed by atoms with Crippen LogP contribution < -0.4 is 10.1 Å². The van der Waals surface area contributed by atoms with Gasteiger partial charge in [0.25, 0.3) is 5.91 Å². The number of fused-ring (bicyclic) bond motifs is 2. The molecule has 2 saturated heterocycles. The number of nitrogens with zero attached hydrogens (tertiary/aromatic N) is 1. The number of nitrogens with one attached hydrogen (secondary N) is 1. The van der Waals surface area contributed by atoms with Crippen LogP contribution in [0.5, 0.6) is 5.75 Å². The Hall–Kier alpha value is -1.76. The van der Waals surface area contributed by atoms with E-state index < -0.39 is 0 Å². The molecule has 160 valence electrons. The number of hydrogen-bond donors (Lipinski definition) is 1. The summed E-state index contributed by atoms with van der Waals surface area (Å²) in [5.41, 5.74) is 0.830. The number of amides is 1. The number of benzene rings is 2. The van der Waals surface area contributed by atoms with Crippen molar-refractivity contribution in [1.82, 2.24) is 10.2 Å². The van der Waals surface area contributed by atoms with E-state index in [0.29, 0.717) is 34.7 Å². The summed E-state index contributed by atoms with van der Waals surface area (Å²) in [6.45, 7) is 0.236. The van der Waals surface area contributed by atoms with E-state index in [1.165, 1.54) is 37.8 Å². The number of carbonyl (C=O) groups excluding carboxylic acids is 1. The Morgan fingerprint density at radius 3 is 2.57 bits per heavy atom. The third-order valence-electron chi connectivity index (χ3n) is 6.02. The van der Waals surface area contributed by atoms with Crippen LogP contribution in [0.4, 0.5) is 4.39 Å². The summed E-state index contributed by atoms with van der Waals surface area (Å²) in [7, 11) is 2.25. The fourth-order valence-corrected chi connectivity index (χ4v) is 5.93. The van der Waals surface area contributed by atoms with E-state index in [1.54, 1.807) is 18.2 Å². The summed E-state index contributed by atoms with van der Waals surface area (Å²) in [4.78, 5) is 15.6. The Kier molecular flexibility index (Phi) is 6.86. The average molecular weight is 449 g/mol. The van der Waals surface area contributed by atoms with Gasteiger partial charge in [-0.3, -0.25) is 4.79 Å². The van der Waals surface area contributed by atoms with E-state index in [-0.39, 0.29) is 18.3 Å². The molecule has 2 heterocycles. The first-order valence-corrected chi connectivity index (χ1v) is 11.6. The van der Waals surface area contributed by atoms with Gasteiger partial charge in [0, 0.05) is 28.8 Å². The zero-order valence-electron chi connectivity index (χ0n) is 16.9. The van der Waals surface area contributed by atoms with Crippen LogP contribution in [0.3, 0.4) is 0 Å². The van der Waals surface area contributed by atoms with Crippen LogP contribution >= 0.6 is 23.4 Å². The molecule has 2 aromatic rings. The summed E-state index contributed by atoms with van der Waals surface area (Å²) >= 11 is 8.35. The Bertz CT molecular complexity index is 881. The van der Waals surface area contributed by atoms with Crippen molar-refractivity contribution in [2.45, 2.75) is 54.5 Å². The van der Waals surface area contributed by atoms with Gasteiger partial charge in [0.2, 0.25) is 0 Å². The molecule has 1 N–H and O–H groups in total. The zero-order chi connectivity index (χ0) is 21.1. The number of halogens is 2. The topological polar surface area (TPSA) is 41.6 Å². The van der Waals surface area contributed by atoms with E-state index in [0.717, 1.165) is 10.5 Å². The fraction of sp³-hybridized carbons (Fsp3) is 0.435. The second-order valence-electron chi connectivity index (χ2n) is 8.05. The van der Waals surface area contributed by atoms with Crippen molar-refractivity contribution in [2.75, 3.05) is 13.7 Å². The minimum Gasteiger partial charge on any atom is -0.484 e. The number of carbonyl (C=O) groups is 1. The fourth-order valence-electron chi connectivity index (χ4n) is 4.31. The van der Waals surface area contributed by atoms with E-state index in [4.69, 9.17) is 16.3 Å². The van der Waals surface area contributed by atoms with Gasteiger partial charge in [-0.05, 0) is 68.6 Å². The number of hydrogen-bond acceptors (Lipinski definition) is 4. The SMILES string of the molecule is CN1C2CCC1CC(Sc1ccc(OCC(=O)NCc3ccc(F)cc3)cc1Cl)C2. The zero-order valence-corrected chi connectivity index (χ0v) is 18.5. The van der Waals surface area contributed by atoms with Crippen molar-refractivity contribution in [2.24, 2.45) is 0 Å². The molecule has 0 radical (unpaired) electrons. The van der Waals surface area contributed by atoms with E-state index in [9.17, 15) is 9.18 Å². The van der Waals surface area contributed by atoms with Crippen molar-refractivity contribution < 1.29 is 13.9 Å². The molecule has 2 aliphatic heterocycles. The lowest BCUT2D eigenvalue weighted by Gasteiger charge is -2.36. The molecule has 2 bridgehead atoms. The van der Waals surface area contributed by atoms with Crippen LogP contribution in [-0.2, 0) is 11.3 Å². The lowest BCUT2D eigenvalue weighted by molar-refractivity contribution is -0.123. The summed E-state index contributed by atoms with van der Waals surface area (Å²) in [6, 6.07) is 13.1. The number of ether oxygens (including phenoxy) is 1. The molecule has 0 saturated carbocycles. The molecule has 2 fully saturated rings. The Labute approximate surface area is 186 Å². The Balaban J connectivity index is 1.25. The molecule has 2 aromatic carbocycles. The molecular weight excluding hydrogens is 423 g/mol. The van der Waals surface area contributed by atoms with Gasteiger partial charge in [0.15, 0.2) is 6.61 Å². The van der Waals surface area contributed by atoms with Crippen LogP contribution in [0, 0.1) is 5.82 Å². The molecular formula is C23H26ClFN2O2S. The highest BCUT2D eigenvalue weighted by atomic mass is 35.5. The molecule has 30 heavy (non-hydrogen) atoms. The second-order valence-corrected chi connectivity index (χ2v) is 9.80. The van der Waals surface area contributed by atoms with Gasteiger partial charge >= 0.3 is 0 Å². The van der Waals surface area contributed by atoms with E-state index in [2.05, 4.69) is 17.3 Å². The lowest BCUT2D eigenvalue weighted by Crippen LogP contribution is -2.40. The smallest absolute Gasteiger partial charge is 0.258 e. The van der Waals surface area contributed by atoms with Crippen LogP contribution in [0.15, 0.2) is 47.4 Å². The Morgan fingerprint density at radius 1 is 1.20 bits per heavy atom. The predicted molar refractivity (Wildman–Crippen MR) is 119 cm³/mol. The molecule has 0 aliphatic carbocycles. The number of rotatable bonds is 7. The first-order chi connectivity index (χ1) is 14.5. The minimum atomic E-state index is -0.296. The third kappa shape index (κ3) is 5.29. The summed E-state index contributed by atoms with van der Waals surface area (Å²) in [6.07, 6.45) is 5.03.